The molecule has 0 atom stereocenters. The minimum Gasteiger partial charge on any atom is -0.322 e. The highest BCUT2D eigenvalue weighted by molar-refractivity contribution is 7.98. The molecular formula is C21H18FN3O2S. The summed E-state index contributed by atoms with van der Waals surface area (Å²) >= 11 is 1.33. The van der Waals surface area contributed by atoms with Crippen LogP contribution in [-0.4, -0.2) is 27.9 Å². The summed E-state index contributed by atoms with van der Waals surface area (Å²) in [4.78, 5) is 33.3. The lowest BCUT2D eigenvalue weighted by Gasteiger charge is -2.13. The fourth-order valence-electron chi connectivity index (χ4n) is 2.69. The highest BCUT2D eigenvalue weighted by Gasteiger charge is 2.19. The summed E-state index contributed by atoms with van der Waals surface area (Å²) in [5.74, 6) is -0.344. The third-order valence-electron chi connectivity index (χ3n) is 4.11. The fraction of sp³-hybridized carbons (Fsp3) is 0.143. The molecule has 0 aliphatic rings. The second kappa shape index (κ2) is 8.31. The van der Waals surface area contributed by atoms with E-state index >= 15 is 0 Å². The van der Waals surface area contributed by atoms with Crippen LogP contribution in [0, 0.1) is 12.7 Å². The molecule has 7 heteroatoms. The maximum absolute atomic E-state index is 13.2. The maximum Gasteiger partial charge on any atom is 0.260 e. The fourth-order valence-corrected chi connectivity index (χ4v) is 3.32. The van der Waals surface area contributed by atoms with Crippen LogP contribution in [0.4, 0.5) is 10.1 Å². The summed E-state index contributed by atoms with van der Waals surface area (Å²) in [7, 11) is 0. The van der Waals surface area contributed by atoms with Crippen molar-refractivity contribution in [3.8, 4) is 11.4 Å². The molecule has 1 amide bonds. The van der Waals surface area contributed by atoms with Crippen LogP contribution in [0.3, 0.4) is 0 Å². The van der Waals surface area contributed by atoms with Crippen molar-refractivity contribution in [1.29, 1.82) is 0 Å². The molecule has 0 radical (unpaired) electrons. The Hall–Kier alpha value is -3.06. The number of carbonyl (C=O) groups excluding carboxylic acids is 2. The van der Waals surface area contributed by atoms with Crippen molar-refractivity contribution in [2.45, 2.75) is 18.9 Å². The van der Waals surface area contributed by atoms with Gasteiger partial charge in [-0.1, -0.05) is 12.1 Å². The van der Waals surface area contributed by atoms with Gasteiger partial charge in [0, 0.05) is 16.8 Å². The zero-order valence-electron chi connectivity index (χ0n) is 15.6. The van der Waals surface area contributed by atoms with Crippen molar-refractivity contribution >= 4 is 29.1 Å². The first-order chi connectivity index (χ1) is 13.4. The standard InChI is InChI=1S/C21H18FN3O2S/c1-12-18(20(27)24-17-6-4-5-15(11-17)13(2)26)21(28-3)25-19(23-12)14-7-9-16(22)10-8-14/h4-11H,1-3H3,(H,24,27). The van der Waals surface area contributed by atoms with Crippen LogP contribution >= 0.6 is 11.8 Å². The van der Waals surface area contributed by atoms with E-state index < -0.39 is 0 Å². The van der Waals surface area contributed by atoms with E-state index in [4.69, 9.17) is 0 Å². The lowest BCUT2D eigenvalue weighted by Crippen LogP contribution is -2.17. The first kappa shape index (κ1) is 19.7. The quantitative estimate of drug-likeness (QED) is 0.383. The van der Waals surface area contributed by atoms with Gasteiger partial charge in [0.2, 0.25) is 0 Å². The molecule has 0 bridgehead atoms. The van der Waals surface area contributed by atoms with Crippen LogP contribution in [0.15, 0.2) is 53.6 Å². The van der Waals surface area contributed by atoms with E-state index in [0.717, 1.165) is 0 Å². The molecule has 5 nitrogen and oxygen atoms in total. The highest BCUT2D eigenvalue weighted by atomic mass is 32.2. The van der Waals surface area contributed by atoms with Crippen molar-refractivity contribution < 1.29 is 14.0 Å². The van der Waals surface area contributed by atoms with Gasteiger partial charge >= 0.3 is 0 Å². The number of rotatable bonds is 5. The van der Waals surface area contributed by atoms with Crippen molar-refractivity contribution in [1.82, 2.24) is 9.97 Å². The van der Waals surface area contributed by atoms with Gasteiger partial charge in [-0.15, -0.1) is 11.8 Å². The Balaban J connectivity index is 1.95. The SMILES string of the molecule is CSc1nc(-c2ccc(F)cc2)nc(C)c1C(=O)Nc1cccc(C(C)=O)c1. The van der Waals surface area contributed by atoms with Gasteiger partial charge in [-0.3, -0.25) is 9.59 Å². The normalized spacial score (nSPS) is 10.6. The van der Waals surface area contributed by atoms with Gasteiger partial charge in [0.25, 0.3) is 5.91 Å². The van der Waals surface area contributed by atoms with Crippen LogP contribution < -0.4 is 5.32 Å². The van der Waals surface area contributed by atoms with E-state index in [0.29, 0.717) is 38.9 Å². The lowest BCUT2D eigenvalue weighted by atomic mass is 10.1. The molecule has 142 valence electrons. The molecule has 0 spiro atoms. The summed E-state index contributed by atoms with van der Waals surface area (Å²) in [6, 6.07) is 12.6. The van der Waals surface area contributed by atoms with Gasteiger partial charge in [0.05, 0.1) is 11.3 Å². The molecule has 0 unspecified atom stereocenters. The minimum absolute atomic E-state index is 0.0796. The molecule has 3 aromatic rings. The number of anilines is 1. The van der Waals surface area contributed by atoms with E-state index in [2.05, 4.69) is 15.3 Å². The number of nitrogens with zero attached hydrogens (tertiary/aromatic N) is 2. The van der Waals surface area contributed by atoms with Crippen LogP contribution in [0.2, 0.25) is 0 Å². The predicted octanol–water partition coefficient (Wildman–Crippen LogP) is 4.77. The Morgan fingerprint density at radius 2 is 1.79 bits per heavy atom. The van der Waals surface area contributed by atoms with Crippen molar-refractivity contribution in [3.63, 3.8) is 0 Å². The number of amides is 1. The second-order valence-electron chi connectivity index (χ2n) is 6.11. The Labute approximate surface area is 166 Å². The van der Waals surface area contributed by atoms with Gasteiger partial charge in [-0.2, -0.15) is 0 Å². The molecule has 0 saturated heterocycles. The van der Waals surface area contributed by atoms with Crippen molar-refractivity contribution in [3.05, 3.63) is 71.2 Å². The number of thioether (sulfide) groups is 1. The van der Waals surface area contributed by atoms with Gasteiger partial charge in [-0.25, -0.2) is 14.4 Å². The summed E-state index contributed by atoms with van der Waals surface area (Å²) in [5.41, 5.74) is 2.58. The predicted molar refractivity (Wildman–Crippen MR) is 108 cm³/mol. The molecule has 0 aliphatic carbocycles. The number of nitrogens with one attached hydrogen (secondary N) is 1. The number of Topliss-reactive ketones (excluding diaryl/α,β-unsaturated/α-hetero) is 1. The number of ketones is 1. The minimum atomic E-state index is -0.354. The largest absolute Gasteiger partial charge is 0.322 e. The monoisotopic (exact) mass is 395 g/mol. The Bertz CT molecular complexity index is 1050. The molecule has 1 aromatic heterocycles. The average Bonchev–Trinajstić information content (AvgIpc) is 2.67. The van der Waals surface area contributed by atoms with Gasteiger partial charge in [0.1, 0.15) is 10.8 Å². The molecule has 1 heterocycles. The molecule has 2 aromatic carbocycles. The first-order valence-corrected chi connectivity index (χ1v) is 9.72. The Morgan fingerprint density at radius 1 is 1.07 bits per heavy atom. The maximum atomic E-state index is 13.2. The average molecular weight is 395 g/mol. The second-order valence-corrected chi connectivity index (χ2v) is 6.91. The lowest BCUT2D eigenvalue weighted by molar-refractivity contribution is 0.100. The first-order valence-electron chi connectivity index (χ1n) is 8.50. The van der Waals surface area contributed by atoms with E-state index in [1.165, 1.54) is 30.8 Å². The van der Waals surface area contributed by atoms with E-state index in [9.17, 15) is 14.0 Å². The number of hydrogen-bond acceptors (Lipinski definition) is 5. The highest BCUT2D eigenvalue weighted by Crippen LogP contribution is 2.26. The van der Waals surface area contributed by atoms with E-state index in [1.54, 1.807) is 43.3 Å². The van der Waals surface area contributed by atoms with Crippen LogP contribution in [0.5, 0.6) is 0 Å². The van der Waals surface area contributed by atoms with Gasteiger partial charge in [0.15, 0.2) is 11.6 Å². The Kier molecular flexibility index (Phi) is 5.84. The zero-order valence-corrected chi connectivity index (χ0v) is 16.4. The summed E-state index contributed by atoms with van der Waals surface area (Å²) in [6.45, 7) is 3.20. The number of benzene rings is 2. The topological polar surface area (TPSA) is 72.0 Å². The number of aryl methyl sites for hydroxylation is 1. The zero-order chi connectivity index (χ0) is 20.3. The van der Waals surface area contributed by atoms with E-state index in [1.807, 2.05) is 6.26 Å². The smallest absolute Gasteiger partial charge is 0.260 e. The molecular weight excluding hydrogens is 377 g/mol. The molecule has 28 heavy (non-hydrogen) atoms. The number of halogens is 1. The van der Waals surface area contributed by atoms with E-state index in [-0.39, 0.29) is 17.5 Å². The molecule has 0 saturated carbocycles. The Morgan fingerprint density at radius 3 is 2.43 bits per heavy atom. The summed E-state index contributed by atoms with van der Waals surface area (Å²) in [5, 5.41) is 3.32. The van der Waals surface area contributed by atoms with Gasteiger partial charge < -0.3 is 5.32 Å². The third kappa shape index (κ3) is 4.26. The third-order valence-corrected chi connectivity index (χ3v) is 4.79. The summed E-state index contributed by atoms with van der Waals surface area (Å²) < 4.78 is 13.2. The van der Waals surface area contributed by atoms with Crippen molar-refractivity contribution in [2.24, 2.45) is 0 Å². The molecule has 3 rings (SSSR count). The van der Waals surface area contributed by atoms with Gasteiger partial charge in [-0.05, 0) is 56.5 Å². The summed E-state index contributed by atoms with van der Waals surface area (Å²) in [6.07, 6.45) is 1.82. The van der Waals surface area contributed by atoms with Crippen LogP contribution in [0.1, 0.15) is 33.3 Å². The number of aromatic nitrogens is 2. The molecule has 0 fully saturated rings. The molecule has 0 aliphatic heterocycles. The van der Waals surface area contributed by atoms with Crippen LogP contribution in [-0.2, 0) is 0 Å². The molecule has 1 N–H and O–H groups in total. The van der Waals surface area contributed by atoms with Crippen molar-refractivity contribution in [2.75, 3.05) is 11.6 Å². The number of hydrogen-bond donors (Lipinski definition) is 1. The van der Waals surface area contributed by atoms with Crippen LogP contribution in [0.25, 0.3) is 11.4 Å². The number of carbonyl (C=O) groups is 2.